The van der Waals surface area contributed by atoms with E-state index in [1.807, 2.05) is 19.0 Å². The van der Waals surface area contributed by atoms with Crippen LogP contribution in [-0.4, -0.2) is 37.2 Å². The molecule has 0 radical (unpaired) electrons. The number of likely N-dealkylation sites (N-methyl/N-ethyl adjacent to an activating group) is 1. The van der Waals surface area contributed by atoms with Crippen LogP contribution in [0.15, 0.2) is 24.3 Å². The summed E-state index contributed by atoms with van der Waals surface area (Å²) in [4.78, 5) is 24.2. The van der Waals surface area contributed by atoms with E-state index in [2.05, 4.69) is 0 Å². The molecule has 0 aromatic heterocycles. The molecule has 0 heterocycles. The molecule has 0 aliphatic heterocycles. The van der Waals surface area contributed by atoms with Crippen molar-refractivity contribution >= 4 is 11.7 Å². The summed E-state index contributed by atoms with van der Waals surface area (Å²) in [5, 5.41) is 0. The zero-order chi connectivity index (χ0) is 12.1. The van der Waals surface area contributed by atoms with E-state index in [4.69, 9.17) is 5.73 Å². The molecule has 0 spiro atoms. The van der Waals surface area contributed by atoms with Crippen LogP contribution >= 0.6 is 0 Å². The maximum absolute atomic E-state index is 11.5. The summed E-state index contributed by atoms with van der Waals surface area (Å²) in [7, 11) is 3.71. The van der Waals surface area contributed by atoms with Crippen molar-refractivity contribution in [1.29, 1.82) is 0 Å². The third kappa shape index (κ3) is 3.82. The van der Waals surface area contributed by atoms with Crippen LogP contribution in [0.3, 0.4) is 0 Å². The van der Waals surface area contributed by atoms with Crippen molar-refractivity contribution in [1.82, 2.24) is 4.90 Å². The number of primary amides is 1. The minimum Gasteiger partial charge on any atom is -0.366 e. The fourth-order valence-electron chi connectivity index (χ4n) is 1.42. The van der Waals surface area contributed by atoms with E-state index in [9.17, 15) is 9.59 Å². The zero-order valence-electron chi connectivity index (χ0n) is 9.56. The van der Waals surface area contributed by atoms with Crippen LogP contribution in [0.4, 0.5) is 0 Å². The van der Waals surface area contributed by atoms with Crippen LogP contribution < -0.4 is 5.73 Å². The molecule has 0 unspecified atom stereocenters. The molecular formula is C12H16N2O2. The quantitative estimate of drug-likeness (QED) is 0.784. The molecule has 4 heteroatoms. The first-order chi connectivity index (χ1) is 7.49. The van der Waals surface area contributed by atoms with Gasteiger partial charge in [-0.05, 0) is 31.8 Å². The predicted octanol–water partition coefficient (Wildman–Crippen LogP) is 0.459. The Kier molecular flexibility index (Phi) is 4.19. The summed E-state index contributed by atoms with van der Waals surface area (Å²) in [5.41, 5.74) is 6.48. The first-order valence-corrected chi connectivity index (χ1v) is 5.04. The molecule has 2 N–H and O–H groups in total. The Hall–Kier alpha value is -1.68. The second kappa shape index (κ2) is 5.42. The smallest absolute Gasteiger partial charge is 0.248 e. The van der Waals surface area contributed by atoms with Crippen LogP contribution in [0.5, 0.6) is 0 Å². The molecule has 0 saturated heterocycles. The number of nitrogens with two attached hydrogens (primary N) is 1. The highest BCUT2D eigenvalue weighted by Crippen LogP contribution is 2.05. The van der Waals surface area contributed by atoms with Crippen molar-refractivity contribution in [3.05, 3.63) is 35.4 Å². The fourth-order valence-corrected chi connectivity index (χ4v) is 1.42. The molecule has 4 nitrogen and oxygen atoms in total. The number of hydrogen-bond donors (Lipinski definition) is 1. The number of ketones is 1. The van der Waals surface area contributed by atoms with Crippen LogP contribution in [0.2, 0.25) is 0 Å². The molecule has 0 saturated carbocycles. The average Bonchev–Trinajstić information content (AvgIpc) is 2.16. The van der Waals surface area contributed by atoms with Gasteiger partial charge in [0.1, 0.15) is 0 Å². The molecule has 86 valence electrons. The molecule has 0 bridgehead atoms. The van der Waals surface area contributed by atoms with Gasteiger partial charge in [0.05, 0.1) is 6.54 Å². The van der Waals surface area contributed by atoms with Gasteiger partial charge in [0.2, 0.25) is 5.91 Å². The number of benzene rings is 1. The van der Waals surface area contributed by atoms with Gasteiger partial charge in [-0.25, -0.2) is 0 Å². The summed E-state index contributed by atoms with van der Waals surface area (Å²) < 4.78 is 0. The number of carbonyl (C=O) groups is 2. The van der Waals surface area contributed by atoms with Gasteiger partial charge in [-0.15, -0.1) is 0 Å². The minimum absolute atomic E-state index is 0.150. The summed E-state index contributed by atoms with van der Waals surface area (Å²) in [6, 6.07) is 6.79. The highest BCUT2D eigenvalue weighted by atomic mass is 16.1. The standard InChI is InChI=1S/C12H16N2O2/c1-14(2)8-11(15)7-9-3-5-10(6-4-9)12(13)16/h3-6H,7-8H2,1-2H3,(H2,13,16). The first-order valence-electron chi connectivity index (χ1n) is 5.04. The van der Waals surface area contributed by atoms with E-state index in [0.717, 1.165) is 5.56 Å². The number of Topliss-reactive ketones (excluding diaryl/α,β-unsaturated/α-hetero) is 1. The number of rotatable bonds is 5. The fraction of sp³-hybridized carbons (Fsp3) is 0.333. The van der Waals surface area contributed by atoms with Crippen molar-refractivity contribution < 1.29 is 9.59 Å². The van der Waals surface area contributed by atoms with Gasteiger partial charge in [0.25, 0.3) is 0 Å². The molecule has 0 aliphatic carbocycles. The molecular weight excluding hydrogens is 204 g/mol. The topological polar surface area (TPSA) is 63.4 Å². The van der Waals surface area contributed by atoms with Gasteiger partial charge in [0.15, 0.2) is 5.78 Å². The molecule has 16 heavy (non-hydrogen) atoms. The Morgan fingerprint density at radius 1 is 1.19 bits per heavy atom. The zero-order valence-corrected chi connectivity index (χ0v) is 9.56. The van der Waals surface area contributed by atoms with Crippen molar-refractivity contribution in [3.8, 4) is 0 Å². The van der Waals surface area contributed by atoms with Gasteiger partial charge in [-0.3, -0.25) is 9.59 Å². The van der Waals surface area contributed by atoms with E-state index in [0.29, 0.717) is 18.5 Å². The molecule has 0 fully saturated rings. The predicted molar refractivity (Wildman–Crippen MR) is 62.2 cm³/mol. The maximum Gasteiger partial charge on any atom is 0.248 e. The lowest BCUT2D eigenvalue weighted by molar-refractivity contribution is -0.119. The summed E-state index contributed by atoms with van der Waals surface area (Å²) in [5.74, 6) is -0.303. The summed E-state index contributed by atoms with van der Waals surface area (Å²) in [6.45, 7) is 0.428. The number of hydrogen-bond acceptors (Lipinski definition) is 3. The van der Waals surface area contributed by atoms with E-state index < -0.39 is 5.91 Å². The third-order valence-corrected chi connectivity index (χ3v) is 2.13. The summed E-state index contributed by atoms with van der Waals surface area (Å²) >= 11 is 0. The Balaban J connectivity index is 2.62. The van der Waals surface area contributed by atoms with Crippen LogP contribution in [0.25, 0.3) is 0 Å². The van der Waals surface area contributed by atoms with Gasteiger partial charge in [-0.2, -0.15) is 0 Å². The lowest BCUT2D eigenvalue weighted by Crippen LogP contribution is -2.23. The van der Waals surface area contributed by atoms with E-state index in [1.54, 1.807) is 24.3 Å². The van der Waals surface area contributed by atoms with E-state index >= 15 is 0 Å². The largest absolute Gasteiger partial charge is 0.366 e. The number of amides is 1. The van der Waals surface area contributed by atoms with Crippen LogP contribution in [0, 0.1) is 0 Å². The number of nitrogens with zero attached hydrogens (tertiary/aromatic N) is 1. The van der Waals surface area contributed by atoms with Crippen molar-refractivity contribution in [2.45, 2.75) is 6.42 Å². The second-order valence-electron chi connectivity index (χ2n) is 4.01. The Morgan fingerprint density at radius 3 is 2.19 bits per heavy atom. The average molecular weight is 220 g/mol. The van der Waals surface area contributed by atoms with Crippen LogP contribution in [0.1, 0.15) is 15.9 Å². The number of carbonyl (C=O) groups excluding carboxylic acids is 2. The Morgan fingerprint density at radius 2 is 1.75 bits per heavy atom. The lowest BCUT2D eigenvalue weighted by atomic mass is 10.1. The SMILES string of the molecule is CN(C)CC(=O)Cc1ccc(C(N)=O)cc1. The first kappa shape index (κ1) is 12.4. The third-order valence-electron chi connectivity index (χ3n) is 2.13. The molecule has 0 aliphatic rings. The Labute approximate surface area is 95.0 Å². The van der Waals surface area contributed by atoms with Crippen molar-refractivity contribution in [3.63, 3.8) is 0 Å². The second-order valence-corrected chi connectivity index (χ2v) is 4.01. The Bertz CT molecular complexity index is 383. The minimum atomic E-state index is -0.453. The molecule has 1 rings (SSSR count). The van der Waals surface area contributed by atoms with Crippen molar-refractivity contribution in [2.24, 2.45) is 5.73 Å². The monoisotopic (exact) mass is 220 g/mol. The van der Waals surface area contributed by atoms with Gasteiger partial charge in [-0.1, -0.05) is 12.1 Å². The molecule has 1 aromatic rings. The van der Waals surface area contributed by atoms with Gasteiger partial charge >= 0.3 is 0 Å². The molecule has 0 atom stereocenters. The summed E-state index contributed by atoms with van der Waals surface area (Å²) in [6.07, 6.45) is 0.386. The lowest BCUT2D eigenvalue weighted by Gasteiger charge is -2.08. The molecule has 1 amide bonds. The maximum atomic E-state index is 11.5. The highest BCUT2D eigenvalue weighted by molar-refractivity contribution is 5.92. The van der Waals surface area contributed by atoms with E-state index in [1.165, 1.54) is 0 Å². The highest BCUT2D eigenvalue weighted by Gasteiger charge is 2.06. The van der Waals surface area contributed by atoms with Crippen LogP contribution in [-0.2, 0) is 11.2 Å². The van der Waals surface area contributed by atoms with E-state index in [-0.39, 0.29) is 5.78 Å². The van der Waals surface area contributed by atoms with Crippen molar-refractivity contribution in [2.75, 3.05) is 20.6 Å². The van der Waals surface area contributed by atoms with Gasteiger partial charge < -0.3 is 10.6 Å². The molecule has 1 aromatic carbocycles. The normalized spacial score (nSPS) is 10.4. The van der Waals surface area contributed by atoms with Gasteiger partial charge in [0, 0.05) is 12.0 Å².